The van der Waals surface area contributed by atoms with Crippen molar-refractivity contribution < 1.29 is 14.3 Å². The first-order valence-electron chi connectivity index (χ1n) is 7.95. The van der Waals surface area contributed by atoms with Crippen LogP contribution in [-0.4, -0.2) is 18.4 Å². The van der Waals surface area contributed by atoms with Gasteiger partial charge in [-0.05, 0) is 43.2 Å². The van der Waals surface area contributed by atoms with Gasteiger partial charge in [-0.25, -0.2) is 0 Å². The number of fused-ring (bicyclic) bond motifs is 1. The highest BCUT2D eigenvalue weighted by atomic mass is 16.5. The molecule has 1 heterocycles. The Kier molecular flexibility index (Phi) is 4.51. The lowest BCUT2D eigenvalue weighted by Crippen LogP contribution is -2.39. The summed E-state index contributed by atoms with van der Waals surface area (Å²) in [6.45, 7) is 4.41. The van der Waals surface area contributed by atoms with Crippen LogP contribution in [0.4, 0.5) is 5.69 Å². The minimum Gasteiger partial charge on any atom is -0.493 e. The minimum atomic E-state index is -0.663. The predicted molar refractivity (Wildman–Crippen MR) is 92.0 cm³/mol. The third kappa shape index (κ3) is 3.56. The Balaban J connectivity index is 1.68. The maximum absolute atomic E-state index is 12.2. The predicted octanol–water partition coefficient (Wildman–Crippen LogP) is 2.88. The number of aryl methyl sites for hydroxylation is 2. The zero-order chi connectivity index (χ0) is 17.1. The third-order valence-electron chi connectivity index (χ3n) is 3.95. The summed E-state index contributed by atoms with van der Waals surface area (Å²) in [5.41, 5.74) is 3.59. The molecular formula is C19H20N2O3. The van der Waals surface area contributed by atoms with Crippen molar-refractivity contribution in [1.82, 2.24) is 5.32 Å². The normalized spacial score (nSPS) is 15.8. The van der Waals surface area contributed by atoms with Gasteiger partial charge in [0.2, 0.25) is 0 Å². The van der Waals surface area contributed by atoms with Crippen LogP contribution in [0.2, 0.25) is 0 Å². The number of benzene rings is 2. The van der Waals surface area contributed by atoms with Gasteiger partial charge in [0.05, 0.1) is 12.6 Å². The van der Waals surface area contributed by atoms with Crippen LogP contribution < -0.4 is 15.4 Å². The van der Waals surface area contributed by atoms with Gasteiger partial charge in [0.15, 0.2) is 0 Å². The van der Waals surface area contributed by atoms with Gasteiger partial charge >= 0.3 is 11.8 Å². The van der Waals surface area contributed by atoms with Gasteiger partial charge in [0.1, 0.15) is 5.75 Å². The molecule has 2 aromatic carbocycles. The summed E-state index contributed by atoms with van der Waals surface area (Å²) < 4.78 is 5.57. The van der Waals surface area contributed by atoms with Crippen molar-refractivity contribution in [3.05, 3.63) is 59.2 Å². The second-order valence-electron chi connectivity index (χ2n) is 6.03. The maximum Gasteiger partial charge on any atom is 0.313 e. The summed E-state index contributed by atoms with van der Waals surface area (Å²) >= 11 is 0. The molecule has 24 heavy (non-hydrogen) atoms. The van der Waals surface area contributed by atoms with Crippen LogP contribution in [0.1, 0.15) is 29.2 Å². The van der Waals surface area contributed by atoms with Crippen LogP contribution in [-0.2, 0) is 9.59 Å². The first-order chi connectivity index (χ1) is 11.5. The molecule has 0 bridgehead atoms. The number of carbonyl (C=O) groups excluding carboxylic acids is 2. The fourth-order valence-electron chi connectivity index (χ4n) is 2.95. The van der Waals surface area contributed by atoms with Gasteiger partial charge in [0.25, 0.3) is 0 Å². The molecule has 0 saturated carbocycles. The lowest BCUT2D eigenvalue weighted by Gasteiger charge is -2.26. The molecule has 2 aromatic rings. The zero-order valence-electron chi connectivity index (χ0n) is 13.8. The molecule has 0 aliphatic carbocycles. The number of nitrogens with one attached hydrogen (secondary N) is 2. The number of hydrogen-bond acceptors (Lipinski definition) is 3. The zero-order valence-corrected chi connectivity index (χ0v) is 13.8. The van der Waals surface area contributed by atoms with E-state index < -0.39 is 11.8 Å². The van der Waals surface area contributed by atoms with Crippen LogP contribution in [0.3, 0.4) is 0 Å². The minimum absolute atomic E-state index is 0.215. The van der Waals surface area contributed by atoms with Crippen LogP contribution in [0, 0.1) is 13.8 Å². The highest BCUT2D eigenvalue weighted by molar-refractivity contribution is 6.39. The number of amides is 2. The Morgan fingerprint density at radius 1 is 1.04 bits per heavy atom. The molecule has 124 valence electrons. The smallest absolute Gasteiger partial charge is 0.313 e. The number of rotatable bonds is 2. The Labute approximate surface area is 141 Å². The van der Waals surface area contributed by atoms with Crippen molar-refractivity contribution >= 4 is 17.5 Å². The summed E-state index contributed by atoms with van der Waals surface area (Å²) in [6, 6.07) is 13.0. The van der Waals surface area contributed by atoms with E-state index in [0.717, 1.165) is 22.4 Å². The molecule has 1 aliphatic rings. The number of hydrogen-bond donors (Lipinski definition) is 2. The fourth-order valence-corrected chi connectivity index (χ4v) is 2.95. The van der Waals surface area contributed by atoms with Gasteiger partial charge in [-0.3, -0.25) is 9.59 Å². The maximum atomic E-state index is 12.2. The third-order valence-corrected chi connectivity index (χ3v) is 3.95. The van der Waals surface area contributed by atoms with Crippen LogP contribution in [0.5, 0.6) is 5.75 Å². The summed E-state index contributed by atoms with van der Waals surface area (Å²) in [7, 11) is 0. The van der Waals surface area contributed by atoms with Gasteiger partial charge < -0.3 is 15.4 Å². The van der Waals surface area contributed by atoms with E-state index in [1.165, 1.54) is 0 Å². The molecule has 5 nitrogen and oxygen atoms in total. The summed E-state index contributed by atoms with van der Waals surface area (Å²) in [5.74, 6) is -0.552. The molecule has 1 aliphatic heterocycles. The van der Waals surface area contributed by atoms with Crippen LogP contribution in [0.15, 0.2) is 42.5 Å². The molecule has 0 aromatic heterocycles. The fraction of sp³-hybridized carbons (Fsp3) is 0.263. The lowest BCUT2D eigenvalue weighted by molar-refractivity contribution is -0.136. The average molecular weight is 324 g/mol. The summed E-state index contributed by atoms with van der Waals surface area (Å²) in [6.07, 6.45) is 0.638. The van der Waals surface area contributed by atoms with Gasteiger partial charge in [-0.15, -0.1) is 0 Å². The van der Waals surface area contributed by atoms with E-state index in [4.69, 9.17) is 4.74 Å². The van der Waals surface area contributed by atoms with E-state index in [1.807, 2.05) is 56.3 Å². The monoisotopic (exact) mass is 324 g/mol. The first-order valence-corrected chi connectivity index (χ1v) is 7.95. The molecule has 0 unspecified atom stereocenters. The number of anilines is 1. The standard InChI is InChI=1S/C19H20N2O3/c1-12-9-13(2)11-14(10-12)20-18(22)19(23)21-16-7-8-24-17-6-4-3-5-15(16)17/h3-6,9-11,16H,7-8H2,1-2H3,(H,20,22)(H,21,23)/t16-/m0/s1. The largest absolute Gasteiger partial charge is 0.493 e. The van der Waals surface area contributed by atoms with Crippen molar-refractivity contribution in [3.63, 3.8) is 0 Å². The van der Waals surface area contributed by atoms with Crippen LogP contribution >= 0.6 is 0 Å². The molecule has 3 rings (SSSR count). The molecule has 1 atom stereocenters. The summed E-state index contributed by atoms with van der Waals surface area (Å²) in [4.78, 5) is 24.4. The molecule has 0 radical (unpaired) electrons. The van der Waals surface area contributed by atoms with Gasteiger partial charge in [-0.1, -0.05) is 24.3 Å². The quantitative estimate of drug-likeness (QED) is 0.835. The van der Waals surface area contributed by atoms with Crippen molar-refractivity contribution in [2.45, 2.75) is 26.3 Å². The molecular weight excluding hydrogens is 304 g/mol. The molecule has 2 amide bonds. The van der Waals surface area contributed by atoms with E-state index in [0.29, 0.717) is 18.7 Å². The van der Waals surface area contributed by atoms with Crippen molar-refractivity contribution in [2.24, 2.45) is 0 Å². The highest BCUT2D eigenvalue weighted by Crippen LogP contribution is 2.31. The molecule has 0 fully saturated rings. The molecule has 5 heteroatoms. The van der Waals surface area contributed by atoms with E-state index in [1.54, 1.807) is 0 Å². The second kappa shape index (κ2) is 6.74. The Hall–Kier alpha value is -2.82. The summed E-state index contributed by atoms with van der Waals surface area (Å²) in [5, 5.41) is 5.45. The Morgan fingerprint density at radius 2 is 1.75 bits per heavy atom. The molecule has 2 N–H and O–H groups in total. The topological polar surface area (TPSA) is 67.4 Å². The van der Waals surface area contributed by atoms with Crippen molar-refractivity contribution in [3.8, 4) is 5.75 Å². The molecule has 0 saturated heterocycles. The van der Waals surface area contributed by atoms with Crippen molar-refractivity contribution in [2.75, 3.05) is 11.9 Å². The van der Waals surface area contributed by atoms with E-state index in [9.17, 15) is 9.59 Å². The lowest BCUT2D eigenvalue weighted by atomic mass is 10.0. The number of carbonyl (C=O) groups is 2. The SMILES string of the molecule is Cc1cc(C)cc(NC(=O)C(=O)N[C@H]2CCOc3ccccc32)c1. The Bertz CT molecular complexity index is 766. The number of para-hydroxylation sites is 1. The van der Waals surface area contributed by atoms with Crippen LogP contribution in [0.25, 0.3) is 0 Å². The number of ether oxygens (including phenoxy) is 1. The first kappa shape index (κ1) is 16.1. The average Bonchev–Trinajstić information content (AvgIpc) is 2.54. The van der Waals surface area contributed by atoms with E-state index in [-0.39, 0.29) is 6.04 Å². The van der Waals surface area contributed by atoms with Gasteiger partial charge in [0, 0.05) is 17.7 Å². The molecule has 0 spiro atoms. The van der Waals surface area contributed by atoms with Gasteiger partial charge in [-0.2, -0.15) is 0 Å². The highest BCUT2D eigenvalue weighted by Gasteiger charge is 2.25. The van der Waals surface area contributed by atoms with E-state index >= 15 is 0 Å². The second-order valence-corrected chi connectivity index (χ2v) is 6.03. The van der Waals surface area contributed by atoms with Crippen molar-refractivity contribution in [1.29, 1.82) is 0 Å². The van der Waals surface area contributed by atoms with E-state index in [2.05, 4.69) is 10.6 Å². The Morgan fingerprint density at radius 3 is 2.50 bits per heavy atom.